The molecule has 41 valence electrons. The van der Waals surface area contributed by atoms with Crippen LogP contribution in [-0.4, -0.2) is 25.9 Å². The minimum absolute atomic E-state index is 0.333. The fourth-order valence-electron chi connectivity index (χ4n) is 0.569. The van der Waals surface area contributed by atoms with Gasteiger partial charge >= 0.3 is 0 Å². The molecule has 7 heavy (non-hydrogen) atoms. The van der Waals surface area contributed by atoms with Crippen molar-refractivity contribution in [1.82, 2.24) is 10.6 Å². The maximum Gasteiger partial charge on any atom is 0.165 e. The molecule has 0 saturated carbocycles. The molecule has 1 N–H and O–H groups in total. The van der Waals surface area contributed by atoms with Gasteiger partial charge in [0.25, 0.3) is 0 Å². The van der Waals surface area contributed by atoms with Crippen LogP contribution in [0.3, 0.4) is 0 Å². The number of rotatable bonds is 0. The van der Waals surface area contributed by atoms with E-state index in [1.165, 1.54) is 0 Å². The van der Waals surface area contributed by atoms with Crippen LogP contribution in [0, 0.1) is 0 Å². The van der Waals surface area contributed by atoms with Crippen molar-refractivity contribution in [1.29, 1.82) is 0 Å². The summed E-state index contributed by atoms with van der Waals surface area (Å²) in [4.78, 5) is 0. The highest BCUT2D eigenvalue weighted by molar-refractivity contribution is 4.64. The summed E-state index contributed by atoms with van der Waals surface area (Å²) in [5.41, 5.74) is 0. The van der Waals surface area contributed by atoms with Crippen LogP contribution in [0.5, 0.6) is 0 Å². The van der Waals surface area contributed by atoms with Gasteiger partial charge in [-0.15, -0.1) is 0 Å². The highest BCUT2D eigenvalue weighted by Gasteiger charge is 2.08. The van der Waals surface area contributed by atoms with E-state index in [0.717, 1.165) is 6.54 Å². The Morgan fingerprint density at radius 3 is 2.86 bits per heavy atom. The summed E-state index contributed by atoms with van der Waals surface area (Å²) in [6.07, 6.45) is -0.881. The first kappa shape index (κ1) is 5.00. The second kappa shape index (κ2) is 2.23. The molecule has 0 aromatic heterocycles. The van der Waals surface area contributed by atoms with Crippen molar-refractivity contribution in [2.75, 3.05) is 19.6 Å². The summed E-state index contributed by atoms with van der Waals surface area (Å²) in [7, 11) is 0. The van der Waals surface area contributed by atoms with E-state index in [1.807, 2.05) is 0 Å². The van der Waals surface area contributed by atoms with Crippen molar-refractivity contribution in [3.63, 3.8) is 0 Å². The second-order valence-corrected chi connectivity index (χ2v) is 1.55. The van der Waals surface area contributed by atoms with Crippen molar-refractivity contribution < 1.29 is 4.39 Å². The summed E-state index contributed by atoms with van der Waals surface area (Å²) >= 11 is 0. The van der Waals surface area contributed by atoms with E-state index in [2.05, 4.69) is 10.6 Å². The molecule has 1 radical (unpaired) electrons. The zero-order valence-corrected chi connectivity index (χ0v) is 4.02. The average molecular weight is 103 g/mol. The fourth-order valence-corrected chi connectivity index (χ4v) is 0.569. The summed E-state index contributed by atoms with van der Waals surface area (Å²) in [6, 6.07) is 0. The van der Waals surface area contributed by atoms with E-state index in [0.29, 0.717) is 13.1 Å². The molecule has 2 nitrogen and oxygen atoms in total. The van der Waals surface area contributed by atoms with Crippen molar-refractivity contribution >= 4 is 0 Å². The van der Waals surface area contributed by atoms with E-state index in [9.17, 15) is 4.39 Å². The number of nitrogens with one attached hydrogen (secondary N) is 1. The number of hydrogen-bond acceptors (Lipinski definition) is 1. The number of hydrogen-bond donors (Lipinski definition) is 1. The van der Waals surface area contributed by atoms with Gasteiger partial charge in [0.05, 0.1) is 6.54 Å². The van der Waals surface area contributed by atoms with E-state index >= 15 is 0 Å². The quantitative estimate of drug-likeness (QED) is 0.410. The van der Waals surface area contributed by atoms with Crippen LogP contribution in [0.4, 0.5) is 4.39 Å². The fraction of sp³-hybridized carbons (Fsp3) is 1.00. The summed E-state index contributed by atoms with van der Waals surface area (Å²) in [6.45, 7) is 1.79. The molecular weight excluding hydrogens is 95.1 g/mol. The van der Waals surface area contributed by atoms with E-state index in [4.69, 9.17) is 0 Å². The lowest BCUT2D eigenvalue weighted by molar-refractivity contribution is 0.235. The van der Waals surface area contributed by atoms with Crippen LogP contribution in [0.25, 0.3) is 0 Å². The molecule has 0 spiro atoms. The Hall–Kier alpha value is -0.150. The van der Waals surface area contributed by atoms with Crippen LogP contribution in [0.2, 0.25) is 0 Å². The Balaban J connectivity index is 2.12. The normalized spacial score (nSPS) is 33.0. The van der Waals surface area contributed by atoms with Gasteiger partial charge < -0.3 is 0 Å². The lowest BCUT2D eigenvalue weighted by Crippen LogP contribution is -2.42. The van der Waals surface area contributed by atoms with Crippen molar-refractivity contribution in [2.24, 2.45) is 0 Å². The van der Waals surface area contributed by atoms with Crippen LogP contribution < -0.4 is 10.6 Å². The molecule has 0 aromatic carbocycles. The molecule has 1 heterocycles. The van der Waals surface area contributed by atoms with E-state index < -0.39 is 6.30 Å². The van der Waals surface area contributed by atoms with Crippen LogP contribution in [-0.2, 0) is 0 Å². The molecule has 1 atom stereocenters. The molecule has 1 fully saturated rings. The zero-order chi connectivity index (χ0) is 5.11. The van der Waals surface area contributed by atoms with Crippen LogP contribution in [0.15, 0.2) is 0 Å². The monoisotopic (exact) mass is 103 g/mol. The maximum absolute atomic E-state index is 12.0. The molecule has 1 rings (SSSR count). The molecule has 0 bridgehead atoms. The first-order valence-electron chi connectivity index (χ1n) is 2.40. The van der Waals surface area contributed by atoms with Gasteiger partial charge in [-0.3, -0.25) is 5.32 Å². The van der Waals surface area contributed by atoms with E-state index in [-0.39, 0.29) is 0 Å². The third-order valence-electron chi connectivity index (χ3n) is 0.925. The van der Waals surface area contributed by atoms with Gasteiger partial charge in [0, 0.05) is 13.1 Å². The Morgan fingerprint density at radius 1 is 1.71 bits per heavy atom. The van der Waals surface area contributed by atoms with Crippen molar-refractivity contribution in [2.45, 2.75) is 6.30 Å². The lowest BCUT2D eigenvalue weighted by atomic mass is 10.4. The maximum atomic E-state index is 12.0. The highest BCUT2D eigenvalue weighted by atomic mass is 19.1. The van der Waals surface area contributed by atoms with Gasteiger partial charge in [0.15, 0.2) is 6.30 Å². The first-order chi connectivity index (χ1) is 3.39. The molecule has 0 amide bonds. The molecule has 3 heteroatoms. The number of piperazine rings is 1. The predicted molar refractivity (Wildman–Crippen MR) is 24.8 cm³/mol. The highest BCUT2D eigenvalue weighted by Crippen LogP contribution is 1.86. The molecule has 1 aliphatic rings. The molecule has 1 unspecified atom stereocenters. The third-order valence-corrected chi connectivity index (χ3v) is 0.925. The first-order valence-corrected chi connectivity index (χ1v) is 2.40. The second-order valence-electron chi connectivity index (χ2n) is 1.55. The molecular formula is C4H8FN2. The smallest absolute Gasteiger partial charge is 0.165 e. The van der Waals surface area contributed by atoms with Crippen molar-refractivity contribution in [3.8, 4) is 0 Å². The van der Waals surface area contributed by atoms with Gasteiger partial charge in [-0.2, -0.15) is 0 Å². The summed E-state index contributed by atoms with van der Waals surface area (Å²) in [5.74, 6) is 0. The minimum atomic E-state index is -0.881. The van der Waals surface area contributed by atoms with Gasteiger partial charge in [-0.25, -0.2) is 9.71 Å². The van der Waals surface area contributed by atoms with Gasteiger partial charge in [0.2, 0.25) is 0 Å². The molecule has 0 aliphatic carbocycles. The van der Waals surface area contributed by atoms with Gasteiger partial charge in [-0.05, 0) is 0 Å². The third kappa shape index (κ3) is 1.41. The minimum Gasteiger partial charge on any atom is -0.285 e. The predicted octanol–water partition coefficient (Wildman–Crippen LogP) is -0.510. The number of alkyl halides is 1. The topological polar surface area (TPSA) is 26.1 Å². The van der Waals surface area contributed by atoms with Crippen LogP contribution >= 0.6 is 0 Å². The number of nitrogens with zero attached hydrogens (tertiary/aromatic N) is 1. The summed E-state index contributed by atoms with van der Waals surface area (Å²) in [5, 5.41) is 6.44. The van der Waals surface area contributed by atoms with Gasteiger partial charge in [-0.1, -0.05) is 0 Å². The lowest BCUT2D eigenvalue weighted by Gasteiger charge is -2.14. The average Bonchev–Trinajstić information content (AvgIpc) is 1.69. The Labute approximate surface area is 42.1 Å². The van der Waals surface area contributed by atoms with Crippen LogP contribution in [0.1, 0.15) is 0 Å². The summed E-state index contributed by atoms with van der Waals surface area (Å²) < 4.78 is 12.0. The molecule has 1 aliphatic heterocycles. The SMILES string of the molecule is FC1C[N]CCN1. The Bertz CT molecular complexity index is 51.7. The standard InChI is InChI=1S/C4H8FN2/c5-4-3-6-1-2-7-4/h4,7H,1-3H2. The molecule has 0 aromatic rings. The Morgan fingerprint density at radius 2 is 2.57 bits per heavy atom. The van der Waals surface area contributed by atoms with E-state index in [1.54, 1.807) is 0 Å². The van der Waals surface area contributed by atoms with Gasteiger partial charge in [0.1, 0.15) is 0 Å². The molecule has 1 saturated heterocycles. The zero-order valence-electron chi connectivity index (χ0n) is 4.02. The van der Waals surface area contributed by atoms with Crippen molar-refractivity contribution in [3.05, 3.63) is 0 Å². The Kier molecular flexibility index (Phi) is 1.59. The number of halogens is 1. The largest absolute Gasteiger partial charge is 0.285 e.